The fraction of sp³-hybridized carbons (Fsp3) is 0.500. The Morgan fingerprint density at radius 3 is 3.06 bits per heavy atom. The Balaban J connectivity index is 2.12. The van der Waals surface area contributed by atoms with Gasteiger partial charge in [0.1, 0.15) is 5.75 Å². The molecule has 4 nitrogen and oxygen atoms in total. The van der Waals surface area contributed by atoms with Crippen molar-refractivity contribution >= 4 is 5.97 Å². The predicted molar refractivity (Wildman–Crippen MR) is 68.7 cm³/mol. The molecule has 1 aliphatic rings. The van der Waals surface area contributed by atoms with Gasteiger partial charge in [0.25, 0.3) is 0 Å². The van der Waals surface area contributed by atoms with Gasteiger partial charge in [-0.25, -0.2) is 4.79 Å². The van der Waals surface area contributed by atoms with E-state index in [4.69, 9.17) is 4.74 Å². The van der Waals surface area contributed by atoms with Crippen LogP contribution in [-0.2, 0) is 16.0 Å². The molecule has 0 amide bonds. The molecular weight excluding hydrogens is 230 g/mol. The first kappa shape index (κ1) is 12.9. The molecule has 0 heterocycles. The van der Waals surface area contributed by atoms with Crippen LogP contribution in [0.15, 0.2) is 18.2 Å². The molecule has 1 aliphatic carbocycles. The van der Waals surface area contributed by atoms with Crippen LogP contribution in [0, 0.1) is 0 Å². The van der Waals surface area contributed by atoms with Gasteiger partial charge in [-0.1, -0.05) is 6.07 Å². The maximum absolute atomic E-state index is 11.0. The maximum atomic E-state index is 11.0. The fourth-order valence-electron chi connectivity index (χ4n) is 2.37. The molecule has 2 rings (SSSR count). The highest BCUT2D eigenvalue weighted by molar-refractivity contribution is 5.70. The molecule has 0 bridgehead atoms. The molecule has 98 valence electrons. The molecule has 1 aromatic rings. The van der Waals surface area contributed by atoms with Crippen molar-refractivity contribution in [3.8, 4) is 5.75 Å². The zero-order valence-electron chi connectivity index (χ0n) is 10.9. The Morgan fingerprint density at radius 2 is 2.33 bits per heavy atom. The topological polar surface area (TPSA) is 47.6 Å². The zero-order valence-corrected chi connectivity index (χ0v) is 10.9. The molecule has 0 radical (unpaired) electrons. The second-order valence-electron chi connectivity index (χ2n) is 4.46. The summed E-state index contributed by atoms with van der Waals surface area (Å²) in [5.74, 6) is 0.360. The maximum Gasteiger partial charge on any atom is 0.343 e. The summed E-state index contributed by atoms with van der Waals surface area (Å²) in [5, 5.41) is 3.32. The highest BCUT2D eigenvalue weighted by Gasteiger charge is 2.19. The number of methoxy groups -OCH3 is 1. The number of fused-ring (bicyclic) bond motifs is 1. The standard InChI is InChI=1S/C14H19NO3/c1-15-13-5-3-4-10-6-7-11(8-12(10)13)18-9-14(16)17-2/h6-8,13,15H,3-5,9H2,1-2H3. The van der Waals surface area contributed by atoms with E-state index in [1.54, 1.807) is 0 Å². The normalized spacial score (nSPS) is 18.0. The molecule has 4 heteroatoms. The van der Waals surface area contributed by atoms with Crippen LogP contribution in [-0.4, -0.2) is 26.7 Å². The number of aryl methyl sites for hydroxylation is 1. The van der Waals surface area contributed by atoms with Gasteiger partial charge in [-0.2, -0.15) is 0 Å². The lowest BCUT2D eigenvalue weighted by Gasteiger charge is -2.25. The van der Waals surface area contributed by atoms with Gasteiger partial charge in [-0.3, -0.25) is 0 Å². The number of carbonyl (C=O) groups excluding carboxylic acids is 1. The van der Waals surface area contributed by atoms with Gasteiger partial charge < -0.3 is 14.8 Å². The Kier molecular flexibility index (Phi) is 4.20. The number of nitrogens with one attached hydrogen (secondary N) is 1. The fourth-order valence-corrected chi connectivity index (χ4v) is 2.37. The monoisotopic (exact) mass is 249 g/mol. The lowest BCUT2D eigenvalue weighted by molar-refractivity contribution is -0.142. The Hall–Kier alpha value is -1.55. The van der Waals surface area contributed by atoms with Crippen molar-refractivity contribution in [2.24, 2.45) is 0 Å². The number of hydrogen-bond donors (Lipinski definition) is 1. The van der Waals surface area contributed by atoms with Gasteiger partial charge in [-0.05, 0) is 49.6 Å². The zero-order chi connectivity index (χ0) is 13.0. The molecule has 1 unspecified atom stereocenters. The van der Waals surface area contributed by atoms with Crippen molar-refractivity contribution in [2.45, 2.75) is 25.3 Å². The van der Waals surface area contributed by atoms with E-state index in [0.29, 0.717) is 6.04 Å². The first-order valence-electron chi connectivity index (χ1n) is 6.24. The van der Waals surface area contributed by atoms with Crippen LogP contribution in [0.4, 0.5) is 0 Å². The Labute approximate surface area is 107 Å². The van der Waals surface area contributed by atoms with Crippen LogP contribution in [0.25, 0.3) is 0 Å². The summed E-state index contributed by atoms with van der Waals surface area (Å²) in [6.45, 7) is -0.0422. The third-order valence-electron chi connectivity index (χ3n) is 3.36. The minimum absolute atomic E-state index is 0.0422. The summed E-state index contributed by atoms with van der Waals surface area (Å²) < 4.78 is 9.97. The van der Waals surface area contributed by atoms with Gasteiger partial charge in [0.2, 0.25) is 0 Å². The second-order valence-corrected chi connectivity index (χ2v) is 4.46. The quantitative estimate of drug-likeness (QED) is 0.827. The SMILES string of the molecule is CNC1CCCc2ccc(OCC(=O)OC)cc21. The third kappa shape index (κ3) is 2.82. The molecule has 1 atom stereocenters. The van der Waals surface area contributed by atoms with Crippen LogP contribution in [0.5, 0.6) is 5.75 Å². The van der Waals surface area contributed by atoms with Crippen molar-refractivity contribution in [3.63, 3.8) is 0 Å². The Bertz CT molecular complexity index is 431. The van der Waals surface area contributed by atoms with Crippen LogP contribution < -0.4 is 10.1 Å². The Morgan fingerprint density at radius 1 is 1.50 bits per heavy atom. The van der Waals surface area contributed by atoms with Gasteiger partial charge in [0.05, 0.1) is 7.11 Å². The molecule has 18 heavy (non-hydrogen) atoms. The van der Waals surface area contributed by atoms with E-state index in [9.17, 15) is 4.79 Å². The summed E-state index contributed by atoms with van der Waals surface area (Å²) in [7, 11) is 3.33. The minimum atomic E-state index is -0.363. The molecular formula is C14H19NO3. The van der Waals surface area contributed by atoms with Crippen molar-refractivity contribution < 1.29 is 14.3 Å². The predicted octanol–water partition coefficient (Wildman–Crippen LogP) is 1.84. The molecule has 0 aliphatic heterocycles. The number of esters is 1. The first-order valence-corrected chi connectivity index (χ1v) is 6.24. The molecule has 0 aromatic heterocycles. The van der Waals surface area contributed by atoms with Crippen molar-refractivity contribution in [1.29, 1.82) is 0 Å². The second kappa shape index (κ2) is 5.87. The number of carbonyl (C=O) groups is 1. The van der Waals surface area contributed by atoms with E-state index in [1.807, 2.05) is 19.2 Å². The first-order chi connectivity index (χ1) is 8.74. The van der Waals surface area contributed by atoms with E-state index < -0.39 is 0 Å². The molecule has 1 aromatic carbocycles. The van der Waals surface area contributed by atoms with Gasteiger partial charge in [0.15, 0.2) is 6.61 Å². The van der Waals surface area contributed by atoms with Gasteiger partial charge in [-0.15, -0.1) is 0 Å². The van der Waals surface area contributed by atoms with Crippen molar-refractivity contribution in [1.82, 2.24) is 5.32 Å². The summed E-state index contributed by atoms with van der Waals surface area (Å²) >= 11 is 0. The summed E-state index contributed by atoms with van der Waals surface area (Å²) in [5.41, 5.74) is 2.65. The van der Waals surface area contributed by atoms with E-state index >= 15 is 0 Å². The highest BCUT2D eigenvalue weighted by Crippen LogP contribution is 2.32. The largest absolute Gasteiger partial charge is 0.482 e. The third-order valence-corrected chi connectivity index (χ3v) is 3.36. The van der Waals surface area contributed by atoms with Crippen molar-refractivity contribution in [2.75, 3.05) is 20.8 Å². The van der Waals surface area contributed by atoms with Crippen LogP contribution in [0.3, 0.4) is 0 Å². The molecule has 1 N–H and O–H groups in total. The number of rotatable bonds is 4. The summed E-state index contributed by atoms with van der Waals surface area (Å²) in [4.78, 5) is 11.0. The van der Waals surface area contributed by atoms with Crippen molar-refractivity contribution in [3.05, 3.63) is 29.3 Å². The van der Waals surface area contributed by atoms with E-state index in [0.717, 1.165) is 18.6 Å². The summed E-state index contributed by atoms with van der Waals surface area (Å²) in [6, 6.07) is 6.42. The number of benzene rings is 1. The lowest BCUT2D eigenvalue weighted by Crippen LogP contribution is -2.21. The lowest BCUT2D eigenvalue weighted by atomic mass is 9.87. The highest BCUT2D eigenvalue weighted by atomic mass is 16.6. The van der Waals surface area contributed by atoms with Gasteiger partial charge in [0, 0.05) is 6.04 Å². The van der Waals surface area contributed by atoms with E-state index in [-0.39, 0.29) is 12.6 Å². The molecule has 0 fully saturated rings. The van der Waals surface area contributed by atoms with E-state index in [2.05, 4.69) is 16.1 Å². The molecule has 0 spiro atoms. The smallest absolute Gasteiger partial charge is 0.343 e. The van der Waals surface area contributed by atoms with Crippen LogP contribution in [0.2, 0.25) is 0 Å². The van der Waals surface area contributed by atoms with Crippen LogP contribution >= 0.6 is 0 Å². The molecule has 0 saturated heterocycles. The number of hydrogen-bond acceptors (Lipinski definition) is 4. The van der Waals surface area contributed by atoms with E-state index in [1.165, 1.54) is 24.7 Å². The van der Waals surface area contributed by atoms with Gasteiger partial charge >= 0.3 is 5.97 Å². The summed E-state index contributed by atoms with van der Waals surface area (Å²) in [6.07, 6.45) is 3.47. The molecule has 0 saturated carbocycles. The minimum Gasteiger partial charge on any atom is -0.482 e. The number of ether oxygens (including phenoxy) is 2. The average Bonchev–Trinajstić information content (AvgIpc) is 2.43. The average molecular weight is 249 g/mol. The van der Waals surface area contributed by atoms with Crippen LogP contribution in [0.1, 0.15) is 30.0 Å².